The molecule has 0 aromatic heterocycles. The molecule has 2 aromatic rings. The number of amides is 1. The molecule has 1 amide bonds. The molecule has 2 aliphatic rings. The van der Waals surface area contributed by atoms with Gasteiger partial charge in [-0.25, -0.2) is 0 Å². The zero-order valence-corrected chi connectivity index (χ0v) is 12.2. The summed E-state index contributed by atoms with van der Waals surface area (Å²) in [6.45, 7) is 0. The smallest absolute Gasteiger partial charge is 0.310 e. The predicted octanol–water partition coefficient (Wildman–Crippen LogP) is 2.43. The SMILES string of the molecule is O=C(O)[C@@H]1[C@@H](C(=O)Nc2cccc3ccccc23)[C@@H]2C=C[C@@H]1O2. The van der Waals surface area contributed by atoms with E-state index in [-0.39, 0.29) is 5.91 Å². The molecule has 5 heteroatoms. The first kappa shape index (κ1) is 14.0. The van der Waals surface area contributed by atoms with Gasteiger partial charge in [-0.2, -0.15) is 0 Å². The van der Waals surface area contributed by atoms with Crippen LogP contribution in [-0.4, -0.2) is 29.2 Å². The lowest BCUT2D eigenvalue weighted by atomic mass is 9.82. The summed E-state index contributed by atoms with van der Waals surface area (Å²) in [6.07, 6.45) is 2.53. The molecule has 1 fully saturated rings. The second-order valence-corrected chi connectivity index (χ2v) is 5.86. The zero-order valence-electron chi connectivity index (χ0n) is 12.2. The fraction of sp³-hybridized carbons (Fsp3) is 0.222. The van der Waals surface area contributed by atoms with Crippen LogP contribution in [0.5, 0.6) is 0 Å². The zero-order chi connectivity index (χ0) is 16.0. The molecule has 0 aliphatic carbocycles. The van der Waals surface area contributed by atoms with Crippen molar-refractivity contribution in [2.45, 2.75) is 12.2 Å². The van der Waals surface area contributed by atoms with E-state index in [4.69, 9.17) is 4.74 Å². The molecule has 2 heterocycles. The Labute approximate surface area is 132 Å². The normalized spacial score (nSPS) is 28.2. The summed E-state index contributed by atoms with van der Waals surface area (Å²) in [4.78, 5) is 24.2. The highest BCUT2D eigenvalue weighted by atomic mass is 16.5. The second kappa shape index (κ2) is 5.21. The first-order chi connectivity index (χ1) is 11.1. The Kier molecular flexibility index (Phi) is 3.16. The van der Waals surface area contributed by atoms with Crippen molar-refractivity contribution in [2.24, 2.45) is 11.8 Å². The van der Waals surface area contributed by atoms with E-state index in [1.807, 2.05) is 42.5 Å². The highest BCUT2D eigenvalue weighted by Crippen LogP contribution is 2.40. The van der Waals surface area contributed by atoms with Gasteiger partial charge in [0, 0.05) is 11.1 Å². The summed E-state index contributed by atoms with van der Waals surface area (Å²) >= 11 is 0. The fourth-order valence-electron chi connectivity index (χ4n) is 3.47. The molecule has 2 aliphatic heterocycles. The number of carboxylic acids is 1. The number of hydrogen-bond acceptors (Lipinski definition) is 3. The molecule has 23 heavy (non-hydrogen) atoms. The number of hydrogen-bond donors (Lipinski definition) is 2. The Morgan fingerprint density at radius 3 is 2.43 bits per heavy atom. The lowest BCUT2D eigenvalue weighted by Crippen LogP contribution is -2.39. The van der Waals surface area contributed by atoms with Gasteiger partial charge < -0.3 is 15.2 Å². The van der Waals surface area contributed by atoms with Crippen molar-refractivity contribution in [1.29, 1.82) is 0 Å². The number of nitrogens with one attached hydrogen (secondary N) is 1. The van der Waals surface area contributed by atoms with E-state index >= 15 is 0 Å². The molecule has 0 spiro atoms. The van der Waals surface area contributed by atoms with Crippen LogP contribution in [0, 0.1) is 11.8 Å². The van der Waals surface area contributed by atoms with Crippen molar-refractivity contribution >= 4 is 28.3 Å². The number of ether oxygens (including phenoxy) is 1. The third kappa shape index (κ3) is 2.21. The van der Waals surface area contributed by atoms with Crippen molar-refractivity contribution in [3.05, 3.63) is 54.6 Å². The number of rotatable bonds is 3. The minimum Gasteiger partial charge on any atom is -0.481 e. The first-order valence-electron chi connectivity index (χ1n) is 7.50. The number of carboxylic acid groups (broad SMARTS) is 1. The summed E-state index contributed by atoms with van der Waals surface area (Å²) < 4.78 is 5.55. The molecule has 4 rings (SSSR count). The average molecular weight is 309 g/mol. The summed E-state index contributed by atoms with van der Waals surface area (Å²) in [5, 5.41) is 14.2. The van der Waals surface area contributed by atoms with Gasteiger partial charge in [0.15, 0.2) is 0 Å². The molecule has 0 unspecified atom stereocenters. The highest BCUT2D eigenvalue weighted by Gasteiger charge is 2.53. The standard InChI is InChI=1S/C18H15NO4/c20-17(15-13-8-9-14(23-13)16(15)18(21)22)19-12-7-3-5-10-4-1-2-6-11(10)12/h1-9,13-16H,(H,19,20)(H,21,22)/t13-,14-,15-,16-/m0/s1. The number of carbonyl (C=O) groups is 2. The van der Waals surface area contributed by atoms with Crippen molar-refractivity contribution in [3.8, 4) is 0 Å². The van der Waals surface area contributed by atoms with E-state index in [9.17, 15) is 14.7 Å². The third-order valence-electron chi connectivity index (χ3n) is 4.53. The molecule has 2 aromatic carbocycles. The van der Waals surface area contributed by atoms with Crippen molar-refractivity contribution in [2.75, 3.05) is 5.32 Å². The molecule has 4 atom stereocenters. The Bertz CT molecular complexity index is 823. The minimum atomic E-state index is -1.00. The summed E-state index contributed by atoms with van der Waals surface area (Å²) in [5.41, 5.74) is 0.684. The van der Waals surface area contributed by atoms with E-state index in [1.54, 1.807) is 12.2 Å². The topological polar surface area (TPSA) is 75.6 Å². The predicted molar refractivity (Wildman–Crippen MR) is 85.0 cm³/mol. The van der Waals surface area contributed by atoms with E-state index in [1.165, 1.54) is 0 Å². The van der Waals surface area contributed by atoms with E-state index in [0.29, 0.717) is 5.69 Å². The quantitative estimate of drug-likeness (QED) is 0.854. The van der Waals surface area contributed by atoms with Gasteiger partial charge in [0.1, 0.15) is 5.92 Å². The van der Waals surface area contributed by atoms with Crippen LogP contribution < -0.4 is 5.32 Å². The second-order valence-electron chi connectivity index (χ2n) is 5.86. The Hall–Kier alpha value is -2.66. The van der Waals surface area contributed by atoms with Crippen LogP contribution in [0.15, 0.2) is 54.6 Å². The van der Waals surface area contributed by atoms with Crippen molar-refractivity contribution < 1.29 is 19.4 Å². The van der Waals surface area contributed by atoms with Crippen LogP contribution >= 0.6 is 0 Å². The molecule has 0 radical (unpaired) electrons. The molecule has 2 bridgehead atoms. The van der Waals surface area contributed by atoms with Crippen molar-refractivity contribution in [1.82, 2.24) is 0 Å². The van der Waals surface area contributed by atoms with Gasteiger partial charge in [0.2, 0.25) is 5.91 Å². The number of fused-ring (bicyclic) bond motifs is 3. The molecule has 2 N–H and O–H groups in total. The van der Waals surface area contributed by atoms with Crippen LogP contribution in [0.25, 0.3) is 10.8 Å². The lowest BCUT2D eigenvalue weighted by molar-refractivity contribution is -0.145. The number of carbonyl (C=O) groups excluding carboxylic acids is 1. The Morgan fingerprint density at radius 2 is 1.65 bits per heavy atom. The van der Waals surface area contributed by atoms with Gasteiger partial charge in [-0.05, 0) is 11.5 Å². The van der Waals surface area contributed by atoms with Gasteiger partial charge in [-0.1, -0.05) is 48.6 Å². The van der Waals surface area contributed by atoms with E-state index in [2.05, 4.69) is 5.32 Å². The maximum atomic E-state index is 12.7. The molecular weight excluding hydrogens is 294 g/mol. The third-order valence-corrected chi connectivity index (χ3v) is 4.53. The van der Waals surface area contributed by atoms with Crippen molar-refractivity contribution in [3.63, 3.8) is 0 Å². The van der Waals surface area contributed by atoms with Gasteiger partial charge in [-0.15, -0.1) is 0 Å². The molecule has 116 valence electrons. The molecule has 0 saturated carbocycles. The summed E-state index contributed by atoms with van der Waals surface area (Å²) in [7, 11) is 0. The Balaban J connectivity index is 1.65. The van der Waals surface area contributed by atoms with Gasteiger partial charge in [0.05, 0.1) is 18.1 Å². The van der Waals surface area contributed by atoms with Gasteiger partial charge in [0.25, 0.3) is 0 Å². The maximum absolute atomic E-state index is 12.7. The van der Waals surface area contributed by atoms with Crippen LogP contribution in [0.4, 0.5) is 5.69 Å². The van der Waals surface area contributed by atoms with E-state index < -0.39 is 30.0 Å². The minimum absolute atomic E-state index is 0.314. The van der Waals surface area contributed by atoms with Gasteiger partial charge >= 0.3 is 5.97 Å². The monoisotopic (exact) mass is 309 g/mol. The largest absolute Gasteiger partial charge is 0.481 e. The van der Waals surface area contributed by atoms with Crippen LogP contribution in [0.2, 0.25) is 0 Å². The fourth-order valence-corrected chi connectivity index (χ4v) is 3.47. The number of benzene rings is 2. The van der Waals surface area contributed by atoms with Crippen LogP contribution in [0.1, 0.15) is 0 Å². The molecule has 5 nitrogen and oxygen atoms in total. The number of aliphatic carboxylic acids is 1. The summed E-state index contributed by atoms with van der Waals surface area (Å²) in [6, 6.07) is 13.4. The molecular formula is C18H15NO4. The highest BCUT2D eigenvalue weighted by molar-refractivity contribution is 6.04. The lowest BCUT2D eigenvalue weighted by Gasteiger charge is -2.21. The number of anilines is 1. The summed E-state index contributed by atoms with van der Waals surface area (Å²) in [5.74, 6) is -2.85. The molecule has 1 saturated heterocycles. The first-order valence-corrected chi connectivity index (χ1v) is 7.50. The maximum Gasteiger partial charge on any atom is 0.310 e. The van der Waals surface area contributed by atoms with Crippen LogP contribution in [0.3, 0.4) is 0 Å². The van der Waals surface area contributed by atoms with E-state index in [0.717, 1.165) is 10.8 Å². The van der Waals surface area contributed by atoms with Crippen LogP contribution in [-0.2, 0) is 14.3 Å². The Morgan fingerprint density at radius 1 is 0.957 bits per heavy atom. The average Bonchev–Trinajstić information content (AvgIpc) is 3.16. The van der Waals surface area contributed by atoms with Gasteiger partial charge in [-0.3, -0.25) is 9.59 Å².